The number of nitrogens with one attached hydrogen (secondary N) is 2. The molecule has 36 heavy (non-hydrogen) atoms. The Morgan fingerprint density at radius 1 is 0.889 bits per heavy atom. The fourth-order valence-corrected chi connectivity index (χ4v) is 4.37. The minimum atomic E-state index is -3.86. The van der Waals surface area contributed by atoms with Gasteiger partial charge in [-0.05, 0) is 70.9 Å². The summed E-state index contributed by atoms with van der Waals surface area (Å²) in [7, 11) is -3.86. The first-order valence-corrected chi connectivity index (χ1v) is 12.5. The molecule has 0 spiro atoms. The van der Waals surface area contributed by atoms with Gasteiger partial charge in [-0.2, -0.15) is 5.10 Å². The van der Waals surface area contributed by atoms with Gasteiger partial charge in [-0.3, -0.25) is 4.79 Å². The van der Waals surface area contributed by atoms with E-state index in [0.29, 0.717) is 21.9 Å². The number of hydrazone groups is 1. The molecule has 4 aromatic rings. The van der Waals surface area contributed by atoms with E-state index in [1.165, 1.54) is 30.5 Å². The maximum absolute atomic E-state index is 12.6. The lowest BCUT2D eigenvalue weighted by Crippen LogP contribution is -2.34. The molecular formula is C26H20ClN3O5S. The van der Waals surface area contributed by atoms with Gasteiger partial charge in [0.15, 0.2) is 0 Å². The van der Waals surface area contributed by atoms with Gasteiger partial charge in [0, 0.05) is 5.02 Å². The van der Waals surface area contributed by atoms with E-state index in [1.807, 2.05) is 30.3 Å². The molecule has 0 saturated heterocycles. The molecule has 0 heterocycles. The van der Waals surface area contributed by atoms with E-state index in [-0.39, 0.29) is 4.90 Å². The van der Waals surface area contributed by atoms with Gasteiger partial charge in [-0.1, -0.05) is 48.0 Å². The number of esters is 1. The van der Waals surface area contributed by atoms with Crippen LogP contribution >= 0.6 is 11.6 Å². The van der Waals surface area contributed by atoms with Crippen molar-refractivity contribution in [3.8, 4) is 5.75 Å². The molecule has 0 fully saturated rings. The number of halogens is 1. The third-order valence-corrected chi connectivity index (χ3v) is 6.72. The van der Waals surface area contributed by atoms with Crippen LogP contribution in [-0.2, 0) is 14.8 Å². The largest absolute Gasteiger partial charge is 0.423 e. The van der Waals surface area contributed by atoms with E-state index >= 15 is 0 Å². The minimum Gasteiger partial charge on any atom is -0.423 e. The standard InChI is InChI=1S/C26H20ClN3O5S/c27-20-10-14-22(15-11-20)36(33,34)29-17-25(31)30-28-16-18-8-12-21(13-9-18)35-26(32)24-7-3-5-19-4-1-2-6-23(19)24/h1-16,29H,17H2,(H,30,31)/b28-16-. The van der Waals surface area contributed by atoms with Crippen molar-refractivity contribution in [3.63, 3.8) is 0 Å². The van der Waals surface area contributed by atoms with E-state index in [1.54, 1.807) is 36.4 Å². The third-order valence-electron chi connectivity index (χ3n) is 5.05. The molecule has 0 radical (unpaired) electrons. The summed E-state index contributed by atoms with van der Waals surface area (Å²) in [5.74, 6) is -0.767. The highest BCUT2D eigenvalue weighted by Crippen LogP contribution is 2.21. The van der Waals surface area contributed by atoms with Crippen molar-refractivity contribution in [2.75, 3.05) is 6.54 Å². The smallest absolute Gasteiger partial charge is 0.344 e. The first kappa shape index (κ1) is 25.1. The molecule has 8 nitrogen and oxygen atoms in total. The lowest BCUT2D eigenvalue weighted by molar-refractivity contribution is -0.119. The van der Waals surface area contributed by atoms with Crippen LogP contribution < -0.4 is 14.9 Å². The summed E-state index contributed by atoms with van der Waals surface area (Å²) in [5.41, 5.74) is 3.34. The minimum absolute atomic E-state index is 0.00978. The molecular weight excluding hydrogens is 502 g/mol. The first-order chi connectivity index (χ1) is 17.3. The summed E-state index contributed by atoms with van der Waals surface area (Å²) >= 11 is 5.76. The number of benzene rings is 4. The van der Waals surface area contributed by atoms with Gasteiger partial charge in [-0.15, -0.1) is 0 Å². The molecule has 1 amide bonds. The Bertz CT molecular complexity index is 1530. The van der Waals surface area contributed by atoms with Gasteiger partial charge < -0.3 is 4.74 Å². The molecule has 4 rings (SSSR count). The molecule has 0 aliphatic heterocycles. The van der Waals surface area contributed by atoms with Crippen LogP contribution in [0.2, 0.25) is 5.02 Å². The Morgan fingerprint density at radius 3 is 2.33 bits per heavy atom. The third kappa shape index (κ3) is 6.33. The summed E-state index contributed by atoms with van der Waals surface area (Å²) in [6.45, 7) is -0.495. The quantitative estimate of drug-likeness (QED) is 0.156. The van der Waals surface area contributed by atoms with E-state index in [9.17, 15) is 18.0 Å². The number of ether oxygens (including phenoxy) is 1. The molecule has 0 saturated carbocycles. The van der Waals surface area contributed by atoms with E-state index < -0.39 is 28.4 Å². The zero-order valence-corrected chi connectivity index (χ0v) is 20.3. The summed E-state index contributed by atoms with van der Waals surface area (Å²) in [6.07, 6.45) is 1.38. The van der Waals surface area contributed by atoms with Gasteiger partial charge in [-0.25, -0.2) is 23.4 Å². The fourth-order valence-electron chi connectivity index (χ4n) is 3.26. The van der Waals surface area contributed by atoms with Crippen molar-refractivity contribution in [2.45, 2.75) is 4.90 Å². The van der Waals surface area contributed by atoms with Crippen LogP contribution in [0, 0.1) is 0 Å². The van der Waals surface area contributed by atoms with Crippen molar-refractivity contribution in [2.24, 2.45) is 5.10 Å². The number of nitrogens with zero attached hydrogens (tertiary/aromatic N) is 1. The van der Waals surface area contributed by atoms with Crippen LogP contribution in [0.1, 0.15) is 15.9 Å². The lowest BCUT2D eigenvalue weighted by atomic mass is 10.0. The predicted molar refractivity (Wildman–Crippen MR) is 138 cm³/mol. The first-order valence-electron chi connectivity index (χ1n) is 10.7. The monoisotopic (exact) mass is 521 g/mol. The molecule has 0 atom stereocenters. The summed E-state index contributed by atoms with van der Waals surface area (Å²) in [4.78, 5) is 24.6. The van der Waals surface area contributed by atoms with Gasteiger partial charge in [0.2, 0.25) is 10.0 Å². The Balaban J connectivity index is 1.29. The van der Waals surface area contributed by atoms with Crippen LogP contribution in [0.25, 0.3) is 10.8 Å². The number of rotatable bonds is 8. The molecule has 0 aliphatic carbocycles. The normalized spacial score (nSPS) is 11.5. The van der Waals surface area contributed by atoms with Gasteiger partial charge >= 0.3 is 5.97 Å². The predicted octanol–water partition coefficient (Wildman–Crippen LogP) is 4.14. The van der Waals surface area contributed by atoms with E-state index in [0.717, 1.165) is 10.8 Å². The van der Waals surface area contributed by atoms with Crippen LogP contribution in [0.15, 0.2) is 101 Å². The summed E-state index contributed by atoms with van der Waals surface area (Å²) in [6, 6.07) is 25.1. The highest BCUT2D eigenvalue weighted by atomic mass is 35.5. The second-order valence-electron chi connectivity index (χ2n) is 7.56. The zero-order valence-electron chi connectivity index (χ0n) is 18.7. The van der Waals surface area contributed by atoms with Crippen LogP contribution in [0.4, 0.5) is 0 Å². The molecule has 0 unspecified atom stereocenters. The highest BCUT2D eigenvalue weighted by molar-refractivity contribution is 7.89. The van der Waals surface area contributed by atoms with Gasteiger partial charge in [0.25, 0.3) is 5.91 Å². The number of hydrogen-bond donors (Lipinski definition) is 2. The van der Waals surface area contributed by atoms with Crippen molar-refractivity contribution in [1.82, 2.24) is 10.1 Å². The maximum atomic E-state index is 12.6. The molecule has 4 aromatic carbocycles. The lowest BCUT2D eigenvalue weighted by Gasteiger charge is -2.07. The van der Waals surface area contributed by atoms with Crippen LogP contribution in [0.5, 0.6) is 5.75 Å². The summed E-state index contributed by atoms with van der Waals surface area (Å²) < 4.78 is 32.1. The summed E-state index contributed by atoms with van der Waals surface area (Å²) in [5, 5.41) is 5.96. The zero-order chi connectivity index (χ0) is 25.5. The van der Waals surface area contributed by atoms with Crippen molar-refractivity contribution in [3.05, 3.63) is 107 Å². The van der Waals surface area contributed by atoms with Crippen molar-refractivity contribution < 1.29 is 22.7 Å². The van der Waals surface area contributed by atoms with Crippen molar-refractivity contribution in [1.29, 1.82) is 0 Å². The van der Waals surface area contributed by atoms with E-state index in [4.69, 9.17) is 16.3 Å². The van der Waals surface area contributed by atoms with Crippen LogP contribution in [0.3, 0.4) is 0 Å². The van der Waals surface area contributed by atoms with Crippen molar-refractivity contribution >= 4 is 50.5 Å². The number of fused-ring (bicyclic) bond motifs is 1. The number of carbonyl (C=O) groups excluding carboxylic acids is 2. The SMILES string of the molecule is O=C(CNS(=O)(=O)c1ccc(Cl)cc1)N/N=C\c1ccc(OC(=O)c2cccc3ccccc23)cc1. The van der Waals surface area contributed by atoms with Gasteiger partial charge in [0.05, 0.1) is 23.2 Å². The second-order valence-corrected chi connectivity index (χ2v) is 9.76. The number of carbonyl (C=O) groups is 2. The molecule has 2 N–H and O–H groups in total. The number of sulfonamides is 1. The molecule has 10 heteroatoms. The van der Waals surface area contributed by atoms with Crippen LogP contribution in [-0.4, -0.2) is 33.1 Å². The molecule has 0 bridgehead atoms. The highest BCUT2D eigenvalue weighted by Gasteiger charge is 2.15. The average molecular weight is 522 g/mol. The Labute approximate surface area is 212 Å². The Kier molecular flexibility index (Phi) is 7.74. The molecule has 0 aromatic heterocycles. The topological polar surface area (TPSA) is 114 Å². The molecule has 182 valence electrons. The molecule has 0 aliphatic rings. The van der Waals surface area contributed by atoms with Gasteiger partial charge in [0.1, 0.15) is 5.75 Å². The Morgan fingerprint density at radius 2 is 1.58 bits per heavy atom. The van der Waals surface area contributed by atoms with E-state index in [2.05, 4.69) is 15.2 Å². The second kappa shape index (κ2) is 11.1. The maximum Gasteiger partial charge on any atom is 0.344 e. The number of amides is 1. The average Bonchev–Trinajstić information content (AvgIpc) is 2.88. The fraction of sp³-hybridized carbons (Fsp3) is 0.0385. The Hall–Kier alpha value is -4.05. The number of hydrogen-bond acceptors (Lipinski definition) is 6.